The third-order valence-electron chi connectivity index (χ3n) is 2.54. The van der Waals surface area contributed by atoms with Gasteiger partial charge in [0.2, 0.25) is 0 Å². The summed E-state index contributed by atoms with van der Waals surface area (Å²) >= 11 is 0. The van der Waals surface area contributed by atoms with Gasteiger partial charge < -0.3 is 5.11 Å². The van der Waals surface area contributed by atoms with Crippen LogP contribution in [0.3, 0.4) is 0 Å². The average molecular weight is 195 g/mol. The summed E-state index contributed by atoms with van der Waals surface area (Å²) in [6, 6.07) is 0.276. The molecule has 1 fully saturated rings. The number of carboxylic acid groups (broad SMARTS) is 1. The van der Waals surface area contributed by atoms with Gasteiger partial charge in [-0.25, -0.2) is 4.68 Å². The maximum Gasteiger partial charge on any atom is 0.307 e. The Balaban J connectivity index is 2.09. The maximum atomic E-state index is 10.6. The summed E-state index contributed by atoms with van der Waals surface area (Å²) in [5.41, 5.74) is 0.811. The highest BCUT2D eigenvalue weighted by Gasteiger charge is 2.46. The predicted molar refractivity (Wildman–Crippen MR) is 48.9 cm³/mol. The van der Waals surface area contributed by atoms with Crippen molar-refractivity contribution in [2.24, 2.45) is 5.92 Å². The minimum atomic E-state index is -0.728. The quantitative estimate of drug-likeness (QED) is 0.782. The molecule has 1 aromatic heterocycles. The van der Waals surface area contributed by atoms with Gasteiger partial charge in [-0.1, -0.05) is 5.21 Å². The molecule has 14 heavy (non-hydrogen) atoms. The van der Waals surface area contributed by atoms with E-state index in [2.05, 4.69) is 10.3 Å². The number of nitrogens with zero attached hydrogens (tertiary/aromatic N) is 3. The number of hydrogen-bond donors (Lipinski definition) is 1. The fourth-order valence-electron chi connectivity index (χ4n) is 1.51. The molecule has 5 heteroatoms. The second kappa shape index (κ2) is 3.08. The lowest BCUT2D eigenvalue weighted by Gasteiger charge is -2.00. The molecule has 0 aliphatic heterocycles. The van der Waals surface area contributed by atoms with E-state index in [1.54, 1.807) is 4.68 Å². The monoisotopic (exact) mass is 195 g/mol. The van der Waals surface area contributed by atoms with Crippen LogP contribution in [0.2, 0.25) is 0 Å². The molecule has 1 N–H and O–H groups in total. The standard InChI is InChI=1S/C9H13N3O2/c1-5(2)12-4-8(10-11-12)6-3-7(6)9(13)14/h4-7H,3H2,1-2H3,(H,13,14)/t6-,7-/m0/s1. The zero-order valence-corrected chi connectivity index (χ0v) is 8.21. The number of aromatic nitrogens is 3. The largest absolute Gasteiger partial charge is 0.481 e. The van der Waals surface area contributed by atoms with Gasteiger partial charge in [0, 0.05) is 18.2 Å². The SMILES string of the molecule is CC(C)n1cc([C@H]2C[C@@H]2C(=O)O)nn1. The van der Waals surface area contributed by atoms with Gasteiger partial charge in [0.1, 0.15) is 0 Å². The Morgan fingerprint density at radius 3 is 2.86 bits per heavy atom. The molecular weight excluding hydrogens is 182 g/mol. The van der Waals surface area contributed by atoms with Gasteiger partial charge in [-0.3, -0.25) is 4.79 Å². The first-order valence-corrected chi connectivity index (χ1v) is 4.74. The number of rotatable bonds is 3. The van der Waals surface area contributed by atoms with Crippen molar-refractivity contribution in [3.8, 4) is 0 Å². The van der Waals surface area contributed by atoms with Gasteiger partial charge in [0.05, 0.1) is 11.6 Å². The summed E-state index contributed by atoms with van der Waals surface area (Å²) in [5, 5.41) is 16.7. The van der Waals surface area contributed by atoms with Crippen molar-refractivity contribution in [3.05, 3.63) is 11.9 Å². The fraction of sp³-hybridized carbons (Fsp3) is 0.667. The van der Waals surface area contributed by atoms with E-state index in [1.807, 2.05) is 20.0 Å². The van der Waals surface area contributed by atoms with Gasteiger partial charge in [0.15, 0.2) is 0 Å². The molecule has 0 aromatic carbocycles. The first-order valence-electron chi connectivity index (χ1n) is 4.74. The summed E-state index contributed by atoms with van der Waals surface area (Å²) in [6.07, 6.45) is 2.55. The number of aliphatic carboxylic acids is 1. The van der Waals surface area contributed by atoms with Crippen LogP contribution < -0.4 is 0 Å². The molecule has 1 heterocycles. The van der Waals surface area contributed by atoms with Gasteiger partial charge in [-0.2, -0.15) is 0 Å². The minimum Gasteiger partial charge on any atom is -0.481 e. The molecule has 0 radical (unpaired) electrons. The molecule has 5 nitrogen and oxygen atoms in total. The molecule has 76 valence electrons. The highest BCUT2D eigenvalue weighted by Crippen LogP contribution is 2.46. The van der Waals surface area contributed by atoms with Gasteiger partial charge in [0.25, 0.3) is 0 Å². The van der Waals surface area contributed by atoms with Crippen LogP contribution >= 0.6 is 0 Å². The first-order chi connectivity index (χ1) is 6.59. The van der Waals surface area contributed by atoms with Crippen LogP contribution in [0.4, 0.5) is 0 Å². The van der Waals surface area contributed by atoms with E-state index in [0.29, 0.717) is 6.42 Å². The van der Waals surface area contributed by atoms with Crippen molar-refractivity contribution in [3.63, 3.8) is 0 Å². The topological polar surface area (TPSA) is 68.0 Å². The lowest BCUT2D eigenvalue weighted by atomic mass is 10.2. The minimum absolute atomic E-state index is 0.0833. The fourth-order valence-corrected chi connectivity index (χ4v) is 1.51. The number of hydrogen-bond acceptors (Lipinski definition) is 3. The van der Waals surface area contributed by atoms with Crippen LogP contribution in [-0.4, -0.2) is 26.1 Å². The van der Waals surface area contributed by atoms with E-state index in [0.717, 1.165) is 5.69 Å². The molecule has 2 atom stereocenters. The zero-order chi connectivity index (χ0) is 10.3. The summed E-state index contributed by atoms with van der Waals surface area (Å²) < 4.78 is 1.76. The van der Waals surface area contributed by atoms with Crippen molar-refractivity contribution in [1.29, 1.82) is 0 Å². The molecule has 2 rings (SSSR count). The normalized spacial score (nSPS) is 25.4. The van der Waals surface area contributed by atoms with Crippen molar-refractivity contribution in [2.75, 3.05) is 0 Å². The van der Waals surface area contributed by atoms with Crippen LogP contribution in [0.5, 0.6) is 0 Å². The van der Waals surface area contributed by atoms with E-state index >= 15 is 0 Å². The third-order valence-corrected chi connectivity index (χ3v) is 2.54. The Morgan fingerprint density at radius 1 is 1.71 bits per heavy atom. The summed E-state index contributed by atoms with van der Waals surface area (Å²) in [5.74, 6) is -0.888. The van der Waals surface area contributed by atoms with Gasteiger partial charge >= 0.3 is 5.97 Å². The van der Waals surface area contributed by atoms with Gasteiger partial charge in [-0.15, -0.1) is 5.10 Å². The summed E-state index contributed by atoms with van der Waals surface area (Å²) in [6.45, 7) is 4.03. The molecule has 1 saturated carbocycles. The van der Waals surface area contributed by atoms with Crippen LogP contribution in [0.1, 0.15) is 37.9 Å². The smallest absolute Gasteiger partial charge is 0.307 e. The highest BCUT2D eigenvalue weighted by molar-refractivity contribution is 5.74. The lowest BCUT2D eigenvalue weighted by Crippen LogP contribution is -2.00. The second-order valence-corrected chi connectivity index (χ2v) is 4.00. The summed E-state index contributed by atoms with van der Waals surface area (Å²) in [7, 11) is 0. The van der Waals surface area contributed by atoms with Crippen molar-refractivity contribution in [2.45, 2.75) is 32.2 Å². The molecule has 0 saturated heterocycles. The Labute approximate surface area is 81.7 Å². The van der Waals surface area contributed by atoms with E-state index in [4.69, 9.17) is 5.11 Å². The Hall–Kier alpha value is -1.39. The lowest BCUT2D eigenvalue weighted by molar-refractivity contribution is -0.138. The van der Waals surface area contributed by atoms with Crippen molar-refractivity contribution >= 4 is 5.97 Å². The summed E-state index contributed by atoms with van der Waals surface area (Å²) in [4.78, 5) is 10.6. The van der Waals surface area contributed by atoms with E-state index < -0.39 is 5.97 Å². The van der Waals surface area contributed by atoms with Crippen molar-refractivity contribution in [1.82, 2.24) is 15.0 Å². The molecule has 0 amide bonds. The molecule has 1 aromatic rings. The number of carbonyl (C=O) groups is 1. The highest BCUT2D eigenvalue weighted by atomic mass is 16.4. The zero-order valence-electron chi connectivity index (χ0n) is 8.21. The van der Waals surface area contributed by atoms with Crippen molar-refractivity contribution < 1.29 is 9.90 Å². The van der Waals surface area contributed by atoms with Crippen LogP contribution in [0.25, 0.3) is 0 Å². The van der Waals surface area contributed by atoms with E-state index in [1.165, 1.54) is 0 Å². The Kier molecular flexibility index (Phi) is 2.02. The van der Waals surface area contributed by atoms with E-state index in [-0.39, 0.29) is 17.9 Å². The average Bonchev–Trinajstić information content (AvgIpc) is 2.76. The Bertz CT molecular complexity index is 359. The predicted octanol–water partition coefficient (Wildman–Crippen LogP) is 1.05. The second-order valence-electron chi connectivity index (χ2n) is 4.00. The molecular formula is C9H13N3O2. The first kappa shape index (κ1) is 9.18. The molecule has 0 bridgehead atoms. The Morgan fingerprint density at radius 2 is 2.43 bits per heavy atom. The number of carboxylic acids is 1. The molecule has 1 aliphatic carbocycles. The maximum absolute atomic E-state index is 10.6. The van der Waals surface area contributed by atoms with Crippen LogP contribution in [0.15, 0.2) is 6.20 Å². The van der Waals surface area contributed by atoms with Crippen LogP contribution in [0, 0.1) is 5.92 Å². The van der Waals surface area contributed by atoms with E-state index in [9.17, 15) is 4.79 Å². The molecule has 0 spiro atoms. The molecule has 1 aliphatic rings. The van der Waals surface area contributed by atoms with Gasteiger partial charge in [-0.05, 0) is 20.3 Å². The molecule has 0 unspecified atom stereocenters. The van der Waals surface area contributed by atoms with Crippen LogP contribution in [-0.2, 0) is 4.79 Å². The third kappa shape index (κ3) is 1.49.